The lowest BCUT2D eigenvalue weighted by Gasteiger charge is -2.20. The summed E-state index contributed by atoms with van der Waals surface area (Å²) in [6, 6.07) is 3.52. The third-order valence-corrected chi connectivity index (χ3v) is 3.93. The highest BCUT2D eigenvalue weighted by atomic mass is 35.5. The molecule has 0 saturated carbocycles. The molecule has 1 aromatic carbocycles. The van der Waals surface area contributed by atoms with Gasteiger partial charge in [-0.15, -0.1) is 0 Å². The molecule has 1 fully saturated rings. The van der Waals surface area contributed by atoms with Crippen LogP contribution in [0.5, 0.6) is 11.5 Å². The molecule has 0 radical (unpaired) electrons. The number of carbonyl (C=O) groups excluding carboxylic acids is 2. The molecule has 0 spiro atoms. The molecule has 6 nitrogen and oxygen atoms in total. The monoisotopic (exact) mass is 324 g/mol. The first-order chi connectivity index (χ1) is 10.6. The summed E-state index contributed by atoms with van der Waals surface area (Å²) in [6.45, 7) is 1.39. The number of amides is 2. The van der Waals surface area contributed by atoms with Crippen LogP contribution in [-0.2, 0) is 16.0 Å². The molecule has 0 bridgehead atoms. The second kappa shape index (κ2) is 6.44. The lowest BCUT2D eigenvalue weighted by atomic mass is 10.1. The Labute approximate surface area is 133 Å². The lowest BCUT2D eigenvalue weighted by Crippen LogP contribution is -2.38. The molecular weight excluding hydrogens is 308 g/mol. The fraction of sp³-hybridized carbons (Fsp3) is 0.467. The Kier molecular flexibility index (Phi) is 4.38. The molecule has 7 heteroatoms. The van der Waals surface area contributed by atoms with E-state index in [2.05, 4.69) is 10.6 Å². The van der Waals surface area contributed by atoms with E-state index in [1.807, 2.05) is 0 Å². The lowest BCUT2D eigenvalue weighted by molar-refractivity contribution is -0.121. The molecule has 0 aromatic heterocycles. The third-order valence-electron chi connectivity index (χ3n) is 3.65. The summed E-state index contributed by atoms with van der Waals surface area (Å²) in [5.41, 5.74) is 0.766. The average Bonchev–Trinajstić information content (AvgIpc) is 2.91. The van der Waals surface area contributed by atoms with Crippen LogP contribution in [0.15, 0.2) is 12.1 Å². The van der Waals surface area contributed by atoms with Gasteiger partial charge < -0.3 is 20.1 Å². The van der Waals surface area contributed by atoms with Crippen molar-refractivity contribution in [3.63, 3.8) is 0 Å². The minimum Gasteiger partial charge on any atom is -0.486 e. The van der Waals surface area contributed by atoms with Crippen molar-refractivity contribution in [1.82, 2.24) is 10.6 Å². The smallest absolute Gasteiger partial charge is 0.224 e. The van der Waals surface area contributed by atoms with Gasteiger partial charge in [-0.25, -0.2) is 0 Å². The molecule has 118 valence electrons. The van der Waals surface area contributed by atoms with E-state index in [1.54, 1.807) is 12.1 Å². The van der Waals surface area contributed by atoms with Crippen LogP contribution in [0.4, 0.5) is 0 Å². The van der Waals surface area contributed by atoms with Gasteiger partial charge in [-0.3, -0.25) is 9.59 Å². The summed E-state index contributed by atoms with van der Waals surface area (Å²) in [5.74, 6) is 1.03. The van der Waals surface area contributed by atoms with Gasteiger partial charge in [0.2, 0.25) is 11.8 Å². The number of nitrogens with one attached hydrogen (secondary N) is 2. The number of hydrogen-bond donors (Lipinski definition) is 2. The molecule has 2 amide bonds. The fourth-order valence-corrected chi connectivity index (χ4v) is 2.87. The Morgan fingerprint density at radius 3 is 2.95 bits per heavy atom. The number of halogens is 1. The van der Waals surface area contributed by atoms with Crippen molar-refractivity contribution >= 4 is 23.4 Å². The molecule has 2 N–H and O–H groups in total. The Bertz CT molecular complexity index is 605. The number of ether oxygens (including phenoxy) is 2. The Balaban J connectivity index is 1.57. The van der Waals surface area contributed by atoms with Crippen LogP contribution >= 0.6 is 11.6 Å². The fourth-order valence-electron chi connectivity index (χ4n) is 2.58. The van der Waals surface area contributed by atoms with Crippen LogP contribution in [0.3, 0.4) is 0 Å². The molecule has 0 unspecified atom stereocenters. The summed E-state index contributed by atoms with van der Waals surface area (Å²) in [6.07, 6.45) is 1.49. The summed E-state index contributed by atoms with van der Waals surface area (Å²) >= 11 is 6.14. The molecule has 0 aliphatic carbocycles. The van der Waals surface area contributed by atoms with Gasteiger partial charge >= 0.3 is 0 Å². The molecule has 3 rings (SSSR count). The first kappa shape index (κ1) is 15.0. The maximum atomic E-state index is 12.0. The van der Waals surface area contributed by atoms with Crippen molar-refractivity contribution in [2.24, 2.45) is 0 Å². The van der Waals surface area contributed by atoms with Crippen molar-refractivity contribution in [3.05, 3.63) is 22.7 Å². The third kappa shape index (κ3) is 3.44. The van der Waals surface area contributed by atoms with E-state index in [0.29, 0.717) is 42.7 Å². The van der Waals surface area contributed by atoms with Crippen molar-refractivity contribution in [3.8, 4) is 11.5 Å². The summed E-state index contributed by atoms with van der Waals surface area (Å²) < 4.78 is 10.9. The summed E-state index contributed by atoms with van der Waals surface area (Å²) in [4.78, 5) is 23.1. The normalized spacial score (nSPS) is 19.7. The number of benzene rings is 1. The Morgan fingerprint density at radius 1 is 1.36 bits per heavy atom. The first-order valence-corrected chi connectivity index (χ1v) is 7.63. The van der Waals surface area contributed by atoms with Crippen LogP contribution in [0.1, 0.15) is 18.4 Å². The first-order valence-electron chi connectivity index (χ1n) is 7.26. The second-order valence-electron chi connectivity index (χ2n) is 5.39. The zero-order chi connectivity index (χ0) is 15.5. The number of hydrogen-bond acceptors (Lipinski definition) is 4. The average molecular weight is 325 g/mol. The van der Waals surface area contributed by atoms with Crippen molar-refractivity contribution in [2.45, 2.75) is 25.3 Å². The van der Waals surface area contributed by atoms with Gasteiger partial charge in [0.05, 0.1) is 11.4 Å². The van der Waals surface area contributed by atoms with Gasteiger partial charge in [0, 0.05) is 19.0 Å². The number of rotatable bonds is 4. The second-order valence-corrected chi connectivity index (χ2v) is 5.79. The van der Waals surface area contributed by atoms with Crippen LogP contribution in [0.25, 0.3) is 0 Å². The van der Waals surface area contributed by atoms with Crippen LogP contribution in [-0.4, -0.2) is 37.6 Å². The molecule has 2 heterocycles. The van der Waals surface area contributed by atoms with E-state index in [-0.39, 0.29) is 24.3 Å². The largest absolute Gasteiger partial charge is 0.486 e. The van der Waals surface area contributed by atoms with Gasteiger partial charge in [-0.1, -0.05) is 11.6 Å². The molecule has 1 atom stereocenters. The van der Waals surface area contributed by atoms with E-state index in [0.717, 1.165) is 12.0 Å². The van der Waals surface area contributed by atoms with Gasteiger partial charge in [0.25, 0.3) is 0 Å². The maximum Gasteiger partial charge on any atom is 0.224 e. The summed E-state index contributed by atoms with van der Waals surface area (Å²) in [7, 11) is 0. The molecule has 2 aliphatic heterocycles. The van der Waals surface area contributed by atoms with Crippen LogP contribution in [0, 0.1) is 0 Å². The number of fused-ring (bicyclic) bond motifs is 1. The topological polar surface area (TPSA) is 76.7 Å². The zero-order valence-corrected chi connectivity index (χ0v) is 12.7. The standard InChI is InChI=1S/C15H17ClN2O4/c16-11-5-9(6-12-15(11)22-4-3-21-12)7-14(20)17-8-10-1-2-13(19)18-10/h5-6,10H,1-4,7-8H2,(H,17,20)(H,18,19)/t10-/m1/s1. The Morgan fingerprint density at radius 2 is 2.18 bits per heavy atom. The van der Waals surface area contributed by atoms with E-state index >= 15 is 0 Å². The van der Waals surface area contributed by atoms with Crippen molar-refractivity contribution < 1.29 is 19.1 Å². The maximum absolute atomic E-state index is 12.0. The molecule has 22 heavy (non-hydrogen) atoms. The number of carbonyl (C=O) groups is 2. The minimum atomic E-state index is -0.117. The molecule has 2 aliphatic rings. The van der Waals surface area contributed by atoms with E-state index in [4.69, 9.17) is 21.1 Å². The summed E-state index contributed by atoms with van der Waals surface area (Å²) in [5, 5.41) is 6.08. The predicted molar refractivity (Wildman–Crippen MR) is 80.3 cm³/mol. The molecule has 1 saturated heterocycles. The van der Waals surface area contributed by atoms with E-state index in [9.17, 15) is 9.59 Å². The Hall–Kier alpha value is -1.95. The van der Waals surface area contributed by atoms with Crippen molar-refractivity contribution in [2.75, 3.05) is 19.8 Å². The van der Waals surface area contributed by atoms with Gasteiger partial charge in [-0.05, 0) is 24.1 Å². The van der Waals surface area contributed by atoms with Gasteiger partial charge in [0.1, 0.15) is 13.2 Å². The van der Waals surface area contributed by atoms with Crippen molar-refractivity contribution in [1.29, 1.82) is 0 Å². The zero-order valence-electron chi connectivity index (χ0n) is 12.0. The van der Waals surface area contributed by atoms with E-state index < -0.39 is 0 Å². The molecular formula is C15H17ClN2O4. The highest BCUT2D eigenvalue weighted by Gasteiger charge is 2.21. The van der Waals surface area contributed by atoms with Crippen LogP contribution < -0.4 is 20.1 Å². The van der Waals surface area contributed by atoms with Gasteiger partial charge in [0.15, 0.2) is 11.5 Å². The van der Waals surface area contributed by atoms with E-state index in [1.165, 1.54) is 0 Å². The minimum absolute atomic E-state index is 0.0281. The SMILES string of the molecule is O=C(Cc1cc(Cl)c2c(c1)OCCO2)NC[C@H]1CCC(=O)N1. The highest BCUT2D eigenvalue weighted by Crippen LogP contribution is 2.38. The van der Waals surface area contributed by atoms with Gasteiger partial charge in [-0.2, -0.15) is 0 Å². The molecule has 1 aromatic rings. The highest BCUT2D eigenvalue weighted by molar-refractivity contribution is 6.32. The predicted octanol–water partition coefficient (Wildman–Crippen LogP) is 1.05. The quantitative estimate of drug-likeness (QED) is 0.868. The van der Waals surface area contributed by atoms with Crippen LogP contribution in [0.2, 0.25) is 5.02 Å².